The van der Waals surface area contributed by atoms with E-state index in [4.69, 9.17) is 14.9 Å². The van der Waals surface area contributed by atoms with E-state index in [9.17, 15) is 15.3 Å². The van der Waals surface area contributed by atoms with Crippen molar-refractivity contribution >= 4 is 22.9 Å². The number of nitrogens with zero attached hydrogens (tertiary/aromatic N) is 4. The van der Waals surface area contributed by atoms with Crippen molar-refractivity contribution in [3.63, 3.8) is 0 Å². The summed E-state index contributed by atoms with van der Waals surface area (Å²) in [6.07, 6.45) is -1.65. The molecule has 0 radical (unpaired) electrons. The predicted octanol–water partition coefficient (Wildman–Crippen LogP) is -0.775. The van der Waals surface area contributed by atoms with Gasteiger partial charge in [0.25, 0.3) is 0 Å². The highest BCUT2D eigenvalue weighted by molar-refractivity contribution is 5.84. The minimum Gasteiger partial charge on any atom is -0.467 e. The first-order valence-electron chi connectivity index (χ1n) is 7.97. The molecule has 6 N–H and O–H groups in total. The second-order valence-electron chi connectivity index (χ2n) is 5.90. The molecule has 0 amide bonds. The molecule has 138 valence electrons. The maximum absolute atomic E-state index is 10.4. The summed E-state index contributed by atoms with van der Waals surface area (Å²) in [6.45, 7) is -0.119. The first-order chi connectivity index (χ1) is 12.6. The lowest BCUT2D eigenvalue weighted by atomic mass is 10.1. The van der Waals surface area contributed by atoms with Crippen LogP contribution in [0.3, 0.4) is 0 Å². The molecule has 3 aromatic heterocycles. The van der Waals surface area contributed by atoms with Crippen LogP contribution in [0.2, 0.25) is 0 Å². The number of hydrogen-bond acceptors (Lipinski definition) is 10. The Labute approximate surface area is 147 Å². The summed E-state index contributed by atoms with van der Waals surface area (Å²) in [5.74, 6) is 1.14. The van der Waals surface area contributed by atoms with Crippen LogP contribution in [-0.4, -0.2) is 59.8 Å². The van der Waals surface area contributed by atoms with Crippen molar-refractivity contribution in [3.05, 3.63) is 30.5 Å². The van der Waals surface area contributed by atoms with Crippen molar-refractivity contribution in [1.29, 1.82) is 0 Å². The van der Waals surface area contributed by atoms with Crippen molar-refractivity contribution in [2.24, 2.45) is 0 Å². The molecule has 0 aromatic carbocycles. The number of imidazole rings is 1. The summed E-state index contributed by atoms with van der Waals surface area (Å²) in [7, 11) is 0. The highest BCUT2D eigenvalue weighted by atomic mass is 16.6. The number of aromatic nitrogens is 4. The molecule has 26 heavy (non-hydrogen) atoms. The Hall–Kier alpha value is -2.73. The van der Waals surface area contributed by atoms with Gasteiger partial charge in [-0.15, -0.1) is 0 Å². The smallest absolute Gasteiger partial charge is 0.207 e. The van der Waals surface area contributed by atoms with E-state index >= 15 is 0 Å². The van der Waals surface area contributed by atoms with Crippen molar-refractivity contribution in [2.45, 2.75) is 31.1 Å². The van der Waals surface area contributed by atoms with Gasteiger partial charge in [0.05, 0.1) is 19.4 Å². The zero-order chi connectivity index (χ0) is 18.3. The highest BCUT2D eigenvalue weighted by Crippen LogP contribution is 2.35. The van der Waals surface area contributed by atoms with Gasteiger partial charge in [0.15, 0.2) is 23.2 Å². The van der Waals surface area contributed by atoms with Gasteiger partial charge in [-0.25, -0.2) is 15.0 Å². The Bertz CT molecular complexity index is 897. The van der Waals surface area contributed by atoms with Gasteiger partial charge in [-0.3, -0.25) is 4.57 Å². The molecule has 0 bridgehead atoms. The van der Waals surface area contributed by atoms with E-state index in [2.05, 4.69) is 20.3 Å². The molecule has 1 aliphatic heterocycles. The molecule has 0 spiro atoms. The number of furan rings is 1. The van der Waals surface area contributed by atoms with Gasteiger partial charge in [-0.1, -0.05) is 0 Å². The van der Waals surface area contributed by atoms with Crippen LogP contribution in [0.4, 0.5) is 11.8 Å². The minimum absolute atomic E-state index is 0.168. The molecule has 4 atom stereocenters. The van der Waals surface area contributed by atoms with Crippen LogP contribution in [0.5, 0.6) is 0 Å². The lowest BCUT2D eigenvalue weighted by Crippen LogP contribution is -2.33. The van der Waals surface area contributed by atoms with E-state index < -0.39 is 31.1 Å². The molecule has 11 heteroatoms. The van der Waals surface area contributed by atoms with Gasteiger partial charge in [-0.05, 0) is 12.1 Å². The van der Waals surface area contributed by atoms with Crippen LogP contribution in [0, 0.1) is 0 Å². The summed E-state index contributed by atoms with van der Waals surface area (Å²) >= 11 is 0. The monoisotopic (exact) mass is 362 g/mol. The molecule has 11 nitrogen and oxygen atoms in total. The van der Waals surface area contributed by atoms with E-state index in [1.165, 1.54) is 10.9 Å². The zero-order valence-corrected chi connectivity index (χ0v) is 13.6. The molecule has 4 unspecified atom stereocenters. The van der Waals surface area contributed by atoms with Crippen molar-refractivity contribution < 1.29 is 24.5 Å². The maximum Gasteiger partial charge on any atom is 0.207 e. The number of aliphatic hydroxyl groups is 3. The summed E-state index contributed by atoms with van der Waals surface area (Å²) < 4.78 is 12.4. The molecule has 3 aromatic rings. The summed E-state index contributed by atoms with van der Waals surface area (Å²) in [5, 5.41) is 32.9. The lowest BCUT2D eigenvalue weighted by Gasteiger charge is -2.19. The van der Waals surface area contributed by atoms with Crippen molar-refractivity contribution in [3.8, 4) is 0 Å². The first kappa shape index (κ1) is 16.7. The average molecular weight is 362 g/mol. The van der Waals surface area contributed by atoms with E-state index in [1.807, 2.05) is 0 Å². The van der Waals surface area contributed by atoms with Crippen molar-refractivity contribution in [2.75, 3.05) is 17.7 Å². The van der Waals surface area contributed by atoms with Crippen LogP contribution in [0.25, 0.3) is 11.2 Å². The second kappa shape index (κ2) is 6.53. The first-order valence-corrected chi connectivity index (χ1v) is 7.97. The molecular formula is C15H18N6O5. The number of rotatable bonds is 5. The van der Waals surface area contributed by atoms with Gasteiger partial charge in [-0.2, -0.15) is 0 Å². The fourth-order valence-electron chi connectivity index (χ4n) is 2.96. The number of nitrogens with two attached hydrogens (primary N) is 1. The third kappa shape index (κ3) is 2.66. The number of ether oxygens (including phenoxy) is 1. The van der Waals surface area contributed by atoms with Gasteiger partial charge in [0.2, 0.25) is 5.95 Å². The summed E-state index contributed by atoms with van der Waals surface area (Å²) in [6, 6.07) is 3.55. The third-order valence-corrected chi connectivity index (χ3v) is 4.28. The van der Waals surface area contributed by atoms with Gasteiger partial charge in [0.1, 0.15) is 30.4 Å². The molecule has 0 aliphatic carbocycles. The predicted molar refractivity (Wildman–Crippen MR) is 88.8 cm³/mol. The van der Waals surface area contributed by atoms with Gasteiger partial charge < -0.3 is 35.5 Å². The fraction of sp³-hybridized carbons (Fsp3) is 0.400. The maximum atomic E-state index is 10.4. The molecule has 1 aliphatic rings. The number of anilines is 2. The number of aliphatic hydroxyl groups excluding tert-OH is 3. The van der Waals surface area contributed by atoms with Gasteiger partial charge >= 0.3 is 0 Å². The zero-order valence-electron chi connectivity index (χ0n) is 13.6. The normalized spacial score (nSPS) is 25.8. The Morgan fingerprint density at radius 2 is 2.12 bits per heavy atom. The summed E-state index contributed by atoms with van der Waals surface area (Å²) in [5.41, 5.74) is 6.53. The molecule has 1 saturated heterocycles. The largest absolute Gasteiger partial charge is 0.467 e. The quantitative estimate of drug-likeness (QED) is 0.389. The Morgan fingerprint density at radius 1 is 1.27 bits per heavy atom. The molecule has 4 heterocycles. The van der Waals surface area contributed by atoms with E-state index in [1.54, 1.807) is 18.4 Å². The topological polar surface area (TPSA) is 165 Å². The lowest BCUT2D eigenvalue weighted by molar-refractivity contribution is -0.0501. The van der Waals surface area contributed by atoms with Crippen molar-refractivity contribution in [1.82, 2.24) is 19.5 Å². The van der Waals surface area contributed by atoms with Crippen LogP contribution in [0.15, 0.2) is 29.1 Å². The fourth-order valence-corrected chi connectivity index (χ4v) is 2.96. The number of nitrogens with one attached hydrogen (secondary N) is 1. The Balaban J connectivity index is 1.76. The minimum atomic E-state index is -1.29. The second-order valence-corrected chi connectivity index (χ2v) is 5.90. The van der Waals surface area contributed by atoms with Crippen LogP contribution in [0.1, 0.15) is 12.0 Å². The number of hydrogen-bond donors (Lipinski definition) is 5. The van der Waals surface area contributed by atoms with Crippen LogP contribution < -0.4 is 11.1 Å². The number of nitrogen functional groups attached to an aromatic ring is 1. The highest BCUT2D eigenvalue weighted by Gasteiger charge is 2.45. The van der Waals surface area contributed by atoms with E-state index in [0.717, 1.165) is 0 Å². The average Bonchev–Trinajstić information content (AvgIpc) is 3.34. The SMILES string of the molecule is Nc1ncnc2c1nc(NCc1ccco1)n2C1OC(CO)C(O)C1O. The standard InChI is InChI=1S/C15H18N6O5/c16-12-9-13(19-6-18-12)21(14-11(24)10(23)8(5-22)26-14)15(20-9)17-4-7-2-1-3-25-7/h1-3,6,8,10-11,14,22-24H,4-5H2,(H,17,20)(H2,16,18,19). The third-order valence-electron chi connectivity index (χ3n) is 4.28. The van der Waals surface area contributed by atoms with E-state index in [0.29, 0.717) is 29.4 Å². The number of fused-ring (bicyclic) bond motifs is 1. The molecular weight excluding hydrogens is 344 g/mol. The molecule has 1 fully saturated rings. The summed E-state index contributed by atoms with van der Waals surface area (Å²) in [4.78, 5) is 12.5. The van der Waals surface area contributed by atoms with Crippen LogP contribution in [-0.2, 0) is 11.3 Å². The molecule has 0 saturated carbocycles. The Kier molecular flexibility index (Phi) is 4.20. The van der Waals surface area contributed by atoms with Gasteiger partial charge in [0, 0.05) is 0 Å². The Morgan fingerprint density at radius 3 is 2.81 bits per heavy atom. The van der Waals surface area contributed by atoms with E-state index in [-0.39, 0.29) is 5.82 Å². The van der Waals surface area contributed by atoms with Crippen LogP contribution >= 0.6 is 0 Å². The molecule has 4 rings (SSSR count).